The van der Waals surface area contributed by atoms with E-state index < -0.39 is 4.92 Å². The van der Waals surface area contributed by atoms with Crippen molar-refractivity contribution in [2.24, 2.45) is 0 Å². The minimum atomic E-state index is -0.432. The maximum Gasteiger partial charge on any atom is 0.317 e. The van der Waals surface area contributed by atoms with Gasteiger partial charge in [0.2, 0.25) is 0 Å². The van der Waals surface area contributed by atoms with Crippen LogP contribution in [0.4, 0.5) is 5.69 Å². The molecule has 0 saturated carbocycles. The third kappa shape index (κ3) is 1.96. The molecule has 1 aromatic carbocycles. The van der Waals surface area contributed by atoms with Crippen molar-refractivity contribution in [1.82, 2.24) is 10.2 Å². The highest BCUT2D eigenvalue weighted by Gasteiger charge is 2.22. The van der Waals surface area contributed by atoms with Crippen molar-refractivity contribution < 1.29 is 9.66 Å². The average molecular weight is 233 g/mol. The van der Waals surface area contributed by atoms with Gasteiger partial charge in [-0.3, -0.25) is 15.2 Å². The summed E-state index contributed by atoms with van der Waals surface area (Å²) in [6.07, 6.45) is 0. The second-order valence-electron chi connectivity index (χ2n) is 3.53. The van der Waals surface area contributed by atoms with E-state index in [1.807, 2.05) is 0 Å². The molecule has 0 spiro atoms. The predicted molar refractivity (Wildman–Crippen MR) is 62.0 cm³/mol. The first-order valence-corrected chi connectivity index (χ1v) is 4.97. The quantitative estimate of drug-likeness (QED) is 0.651. The Balaban J connectivity index is 2.49. The van der Waals surface area contributed by atoms with Gasteiger partial charge in [0.25, 0.3) is 0 Å². The molecule has 0 atom stereocenters. The van der Waals surface area contributed by atoms with Crippen LogP contribution in [0.15, 0.2) is 24.3 Å². The summed E-state index contributed by atoms with van der Waals surface area (Å²) >= 11 is 0. The number of rotatable bonds is 3. The van der Waals surface area contributed by atoms with Gasteiger partial charge in [-0.1, -0.05) is 0 Å². The zero-order valence-corrected chi connectivity index (χ0v) is 9.43. The second-order valence-corrected chi connectivity index (χ2v) is 3.53. The van der Waals surface area contributed by atoms with Crippen LogP contribution in [0.2, 0.25) is 0 Å². The molecule has 0 radical (unpaired) electrons. The number of benzene rings is 1. The Bertz CT molecular complexity index is 546. The van der Waals surface area contributed by atoms with Crippen LogP contribution in [-0.4, -0.2) is 22.2 Å². The number of hydrogen-bond donors (Lipinski definition) is 1. The molecular formula is C11H11N3O3. The van der Waals surface area contributed by atoms with Crippen molar-refractivity contribution in [2.45, 2.75) is 6.92 Å². The maximum atomic E-state index is 10.9. The van der Waals surface area contributed by atoms with Gasteiger partial charge < -0.3 is 4.74 Å². The predicted octanol–water partition coefficient (Wildman–Crippen LogP) is 2.30. The molecule has 2 rings (SSSR count). The highest BCUT2D eigenvalue weighted by Crippen LogP contribution is 2.30. The minimum absolute atomic E-state index is 0.00941. The standard InChI is InChI=1S/C11H11N3O3/c1-7-11(14(15)16)10(13-12-7)8-3-5-9(17-2)6-4-8/h3-6H,1-2H3,(H,12,13). The smallest absolute Gasteiger partial charge is 0.317 e. The number of aromatic amines is 1. The van der Waals surface area contributed by atoms with E-state index in [1.165, 1.54) is 0 Å². The van der Waals surface area contributed by atoms with Gasteiger partial charge in [0.1, 0.15) is 11.4 Å². The molecule has 0 saturated heterocycles. The van der Waals surface area contributed by atoms with E-state index in [0.717, 1.165) is 0 Å². The van der Waals surface area contributed by atoms with Gasteiger partial charge in [0.05, 0.1) is 12.0 Å². The van der Waals surface area contributed by atoms with Crippen molar-refractivity contribution >= 4 is 5.69 Å². The number of aryl methyl sites for hydroxylation is 1. The van der Waals surface area contributed by atoms with Crippen LogP contribution in [0.3, 0.4) is 0 Å². The third-order valence-corrected chi connectivity index (χ3v) is 2.46. The monoisotopic (exact) mass is 233 g/mol. The molecule has 6 nitrogen and oxygen atoms in total. The summed E-state index contributed by atoms with van der Waals surface area (Å²) in [4.78, 5) is 10.5. The van der Waals surface area contributed by atoms with Gasteiger partial charge in [0, 0.05) is 5.56 Å². The van der Waals surface area contributed by atoms with E-state index in [0.29, 0.717) is 22.7 Å². The SMILES string of the molecule is COc1ccc(-c2n[nH]c(C)c2[N+](=O)[O-])cc1. The Morgan fingerprint density at radius 1 is 1.35 bits per heavy atom. The lowest BCUT2D eigenvalue weighted by molar-refractivity contribution is -0.384. The van der Waals surface area contributed by atoms with Crippen LogP contribution in [0.1, 0.15) is 5.69 Å². The Kier molecular flexibility index (Phi) is 2.78. The van der Waals surface area contributed by atoms with Crippen molar-refractivity contribution in [1.29, 1.82) is 0 Å². The molecule has 17 heavy (non-hydrogen) atoms. The zero-order valence-electron chi connectivity index (χ0n) is 9.43. The van der Waals surface area contributed by atoms with E-state index >= 15 is 0 Å². The number of hydrogen-bond acceptors (Lipinski definition) is 4. The first-order valence-electron chi connectivity index (χ1n) is 4.97. The molecule has 0 aliphatic rings. The van der Waals surface area contributed by atoms with E-state index in [-0.39, 0.29) is 5.69 Å². The fraction of sp³-hybridized carbons (Fsp3) is 0.182. The highest BCUT2D eigenvalue weighted by atomic mass is 16.6. The van der Waals surface area contributed by atoms with Crippen LogP contribution < -0.4 is 4.74 Å². The molecule has 88 valence electrons. The number of methoxy groups -OCH3 is 1. The molecule has 0 fully saturated rings. The molecule has 2 aromatic rings. The fourth-order valence-corrected chi connectivity index (χ4v) is 1.60. The number of nitrogens with zero attached hydrogens (tertiary/aromatic N) is 2. The highest BCUT2D eigenvalue weighted by molar-refractivity contribution is 5.71. The summed E-state index contributed by atoms with van der Waals surface area (Å²) < 4.78 is 5.03. The van der Waals surface area contributed by atoms with Crippen molar-refractivity contribution in [2.75, 3.05) is 7.11 Å². The van der Waals surface area contributed by atoms with E-state index in [4.69, 9.17) is 4.74 Å². The Hall–Kier alpha value is -2.37. The summed E-state index contributed by atoms with van der Waals surface area (Å²) in [6, 6.07) is 6.95. The van der Waals surface area contributed by atoms with Gasteiger partial charge in [-0.2, -0.15) is 5.10 Å². The van der Waals surface area contributed by atoms with Crippen LogP contribution in [0, 0.1) is 17.0 Å². The lowest BCUT2D eigenvalue weighted by atomic mass is 10.1. The second kappa shape index (κ2) is 4.25. The number of ether oxygens (including phenoxy) is 1. The van der Waals surface area contributed by atoms with Gasteiger partial charge in [-0.25, -0.2) is 0 Å². The molecule has 0 aliphatic carbocycles. The maximum absolute atomic E-state index is 10.9. The van der Waals surface area contributed by atoms with Gasteiger partial charge in [-0.15, -0.1) is 0 Å². The van der Waals surface area contributed by atoms with Crippen LogP contribution >= 0.6 is 0 Å². The van der Waals surface area contributed by atoms with Crippen LogP contribution in [0.25, 0.3) is 11.3 Å². The molecule has 0 aliphatic heterocycles. The number of nitro groups is 1. The lowest BCUT2D eigenvalue weighted by Crippen LogP contribution is -1.91. The first-order chi connectivity index (χ1) is 8.13. The van der Waals surface area contributed by atoms with Crippen molar-refractivity contribution in [3.05, 3.63) is 40.1 Å². The van der Waals surface area contributed by atoms with Gasteiger partial charge >= 0.3 is 5.69 Å². The summed E-state index contributed by atoms with van der Waals surface area (Å²) in [5.74, 6) is 0.698. The Labute approximate surface area is 97.4 Å². The summed E-state index contributed by atoms with van der Waals surface area (Å²) in [5, 5.41) is 17.5. The molecule has 1 heterocycles. The fourth-order valence-electron chi connectivity index (χ4n) is 1.60. The number of aromatic nitrogens is 2. The van der Waals surface area contributed by atoms with Crippen LogP contribution in [0.5, 0.6) is 5.75 Å². The third-order valence-electron chi connectivity index (χ3n) is 2.46. The molecule has 0 amide bonds. The first kappa shape index (κ1) is 11.1. The van der Waals surface area contributed by atoms with Crippen molar-refractivity contribution in [3.63, 3.8) is 0 Å². The Morgan fingerprint density at radius 2 is 2.00 bits per heavy atom. The molecule has 0 unspecified atom stereocenters. The zero-order chi connectivity index (χ0) is 12.4. The average Bonchev–Trinajstić information content (AvgIpc) is 2.71. The molecular weight excluding hydrogens is 222 g/mol. The van der Waals surface area contributed by atoms with E-state index in [1.54, 1.807) is 38.3 Å². The summed E-state index contributed by atoms with van der Waals surface area (Å²) in [5.41, 5.74) is 1.48. The lowest BCUT2D eigenvalue weighted by Gasteiger charge is -2.00. The van der Waals surface area contributed by atoms with Crippen molar-refractivity contribution in [3.8, 4) is 17.0 Å². The molecule has 1 N–H and O–H groups in total. The minimum Gasteiger partial charge on any atom is -0.497 e. The summed E-state index contributed by atoms with van der Waals surface area (Å²) in [6.45, 7) is 1.62. The van der Waals surface area contributed by atoms with E-state index in [9.17, 15) is 10.1 Å². The number of nitrogens with one attached hydrogen (secondary N) is 1. The van der Waals surface area contributed by atoms with E-state index in [2.05, 4.69) is 10.2 Å². The van der Waals surface area contributed by atoms with Gasteiger partial charge in [0.15, 0.2) is 5.69 Å². The molecule has 6 heteroatoms. The van der Waals surface area contributed by atoms with Crippen LogP contribution in [-0.2, 0) is 0 Å². The summed E-state index contributed by atoms with van der Waals surface area (Å²) in [7, 11) is 1.57. The number of H-pyrrole nitrogens is 1. The largest absolute Gasteiger partial charge is 0.497 e. The Morgan fingerprint density at radius 3 is 2.53 bits per heavy atom. The van der Waals surface area contributed by atoms with Gasteiger partial charge in [-0.05, 0) is 31.2 Å². The topological polar surface area (TPSA) is 81.0 Å². The normalized spacial score (nSPS) is 10.2. The molecule has 1 aromatic heterocycles. The molecule has 0 bridgehead atoms.